The molecule has 2 aromatic heterocycles. The second kappa shape index (κ2) is 5.57. The number of benzene rings is 1. The van der Waals surface area contributed by atoms with Gasteiger partial charge < -0.3 is 0 Å². The van der Waals surface area contributed by atoms with Crippen LogP contribution in [-0.4, -0.2) is 9.97 Å². The number of thiazole rings is 1. The van der Waals surface area contributed by atoms with Crippen molar-refractivity contribution < 1.29 is 0 Å². The molecule has 0 N–H and O–H groups in total. The van der Waals surface area contributed by atoms with Crippen molar-refractivity contribution >= 4 is 22.1 Å². The molecule has 3 heteroatoms. The summed E-state index contributed by atoms with van der Waals surface area (Å²) in [6.07, 6.45) is 10.6. The summed E-state index contributed by atoms with van der Waals surface area (Å²) in [5.41, 5.74) is 2.46. The van der Waals surface area contributed by atoms with Crippen molar-refractivity contribution in [2.45, 2.75) is 38.0 Å². The van der Waals surface area contributed by atoms with Gasteiger partial charge in [-0.25, -0.2) is 4.98 Å². The fourth-order valence-corrected chi connectivity index (χ4v) is 4.21. The lowest BCUT2D eigenvalue weighted by Gasteiger charge is -2.19. The minimum absolute atomic E-state index is 0.673. The molecule has 0 atom stereocenters. The van der Waals surface area contributed by atoms with E-state index in [1.165, 1.54) is 54.1 Å². The van der Waals surface area contributed by atoms with Gasteiger partial charge in [0.15, 0.2) is 0 Å². The second-order valence-electron chi connectivity index (χ2n) is 5.82. The molecule has 0 unspecified atom stereocenters. The van der Waals surface area contributed by atoms with Crippen LogP contribution in [0.15, 0.2) is 42.0 Å². The second-order valence-corrected chi connectivity index (χ2v) is 6.68. The van der Waals surface area contributed by atoms with E-state index in [1.54, 1.807) is 11.3 Å². The van der Waals surface area contributed by atoms with Crippen molar-refractivity contribution in [1.29, 1.82) is 0 Å². The zero-order valence-electron chi connectivity index (χ0n) is 12.0. The standard InChI is InChI=1S/C18H18N2S/c1-2-6-13(7-3-1)17-12-21-18(20-17)16-11-19-10-14-8-4-5-9-15(14)16/h4-5,8-13H,1-3,6-7H2. The summed E-state index contributed by atoms with van der Waals surface area (Å²) in [6.45, 7) is 0. The average Bonchev–Trinajstić information content (AvgIpc) is 3.05. The highest BCUT2D eigenvalue weighted by molar-refractivity contribution is 7.13. The molecule has 4 rings (SSSR count). The fourth-order valence-electron chi connectivity index (χ4n) is 3.28. The third-order valence-corrected chi connectivity index (χ3v) is 5.34. The zero-order valence-corrected chi connectivity index (χ0v) is 12.8. The van der Waals surface area contributed by atoms with E-state index in [0.717, 1.165) is 5.01 Å². The Balaban J connectivity index is 1.74. The van der Waals surface area contributed by atoms with Crippen molar-refractivity contribution in [2.24, 2.45) is 0 Å². The molecule has 2 heterocycles. The first-order valence-corrected chi connectivity index (χ1v) is 8.58. The quantitative estimate of drug-likeness (QED) is 0.632. The molecule has 1 fully saturated rings. The third-order valence-electron chi connectivity index (χ3n) is 4.44. The predicted molar refractivity (Wildman–Crippen MR) is 88.7 cm³/mol. The van der Waals surface area contributed by atoms with Gasteiger partial charge >= 0.3 is 0 Å². The highest BCUT2D eigenvalue weighted by Crippen LogP contribution is 2.36. The van der Waals surface area contributed by atoms with Crippen LogP contribution < -0.4 is 0 Å². The van der Waals surface area contributed by atoms with Crippen LogP contribution >= 0.6 is 11.3 Å². The smallest absolute Gasteiger partial charge is 0.125 e. The maximum Gasteiger partial charge on any atom is 0.125 e. The number of aromatic nitrogens is 2. The molecule has 106 valence electrons. The summed E-state index contributed by atoms with van der Waals surface area (Å²) in [6, 6.07) is 8.42. The van der Waals surface area contributed by atoms with Crippen LogP contribution in [0, 0.1) is 0 Å². The van der Waals surface area contributed by atoms with Crippen molar-refractivity contribution in [2.75, 3.05) is 0 Å². The highest BCUT2D eigenvalue weighted by Gasteiger charge is 2.19. The van der Waals surface area contributed by atoms with E-state index in [0.29, 0.717) is 5.92 Å². The number of hydrogen-bond donors (Lipinski definition) is 0. The summed E-state index contributed by atoms with van der Waals surface area (Å²) in [5.74, 6) is 0.673. The summed E-state index contributed by atoms with van der Waals surface area (Å²) in [4.78, 5) is 9.31. The highest BCUT2D eigenvalue weighted by atomic mass is 32.1. The van der Waals surface area contributed by atoms with Crippen LogP contribution in [0.25, 0.3) is 21.3 Å². The van der Waals surface area contributed by atoms with Crippen LogP contribution in [0.4, 0.5) is 0 Å². The number of hydrogen-bond acceptors (Lipinski definition) is 3. The molecule has 2 nitrogen and oxygen atoms in total. The summed E-state index contributed by atoms with van der Waals surface area (Å²) in [5, 5.41) is 5.80. The first-order valence-electron chi connectivity index (χ1n) is 7.70. The van der Waals surface area contributed by atoms with Crippen molar-refractivity contribution in [1.82, 2.24) is 9.97 Å². The van der Waals surface area contributed by atoms with E-state index in [2.05, 4.69) is 34.6 Å². The molecule has 0 bridgehead atoms. The van der Waals surface area contributed by atoms with Crippen LogP contribution in [-0.2, 0) is 0 Å². The van der Waals surface area contributed by atoms with Gasteiger partial charge in [-0.1, -0.05) is 43.5 Å². The minimum atomic E-state index is 0.673. The Bertz CT molecular complexity index is 751. The first-order chi connectivity index (χ1) is 10.4. The zero-order chi connectivity index (χ0) is 14.1. The normalized spacial score (nSPS) is 16.4. The van der Waals surface area contributed by atoms with Gasteiger partial charge in [0.05, 0.1) is 5.69 Å². The molecule has 21 heavy (non-hydrogen) atoms. The van der Waals surface area contributed by atoms with E-state index >= 15 is 0 Å². The lowest BCUT2D eigenvalue weighted by Crippen LogP contribution is -2.04. The lowest BCUT2D eigenvalue weighted by molar-refractivity contribution is 0.438. The monoisotopic (exact) mass is 294 g/mol. The van der Waals surface area contributed by atoms with Gasteiger partial charge in [-0.05, 0) is 18.2 Å². The topological polar surface area (TPSA) is 25.8 Å². The SMILES string of the molecule is c1ccc2c(-c3nc(C4CCCCC4)cs3)cncc2c1. The van der Waals surface area contributed by atoms with E-state index < -0.39 is 0 Å². The van der Waals surface area contributed by atoms with Gasteiger partial charge in [0.1, 0.15) is 5.01 Å². The van der Waals surface area contributed by atoms with Crippen molar-refractivity contribution in [3.8, 4) is 10.6 Å². The number of pyridine rings is 1. The molecule has 0 spiro atoms. The maximum atomic E-state index is 4.93. The first kappa shape index (κ1) is 13.0. The Kier molecular flexibility index (Phi) is 3.44. The minimum Gasteiger partial charge on any atom is -0.263 e. The Labute approximate surface area is 128 Å². The Morgan fingerprint density at radius 2 is 1.86 bits per heavy atom. The molecular formula is C18H18N2S. The molecule has 0 radical (unpaired) electrons. The summed E-state index contributed by atoms with van der Waals surface area (Å²) >= 11 is 1.76. The van der Waals surface area contributed by atoms with E-state index in [9.17, 15) is 0 Å². The molecule has 1 aliphatic carbocycles. The molecule has 1 saturated carbocycles. The van der Waals surface area contributed by atoms with Crippen molar-refractivity contribution in [3.63, 3.8) is 0 Å². The van der Waals surface area contributed by atoms with Crippen LogP contribution in [0.5, 0.6) is 0 Å². The van der Waals surface area contributed by atoms with Gasteiger partial charge in [0.2, 0.25) is 0 Å². The lowest BCUT2D eigenvalue weighted by atomic mass is 9.87. The summed E-state index contributed by atoms with van der Waals surface area (Å²) in [7, 11) is 0. The molecule has 3 aromatic rings. The number of rotatable bonds is 2. The molecule has 0 saturated heterocycles. The van der Waals surface area contributed by atoms with Gasteiger partial charge in [-0.15, -0.1) is 11.3 Å². The Hall–Kier alpha value is -1.74. The molecule has 0 amide bonds. The molecule has 1 aliphatic rings. The third kappa shape index (κ3) is 2.46. The number of fused-ring (bicyclic) bond motifs is 1. The van der Waals surface area contributed by atoms with Gasteiger partial charge in [0, 0.05) is 34.6 Å². The van der Waals surface area contributed by atoms with E-state index in [-0.39, 0.29) is 0 Å². The number of nitrogens with zero attached hydrogens (tertiary/aromatic N) is 2. The molecule has 1 aromatic carbocycles. The molecule has 0 aliphatic heterocycles. The van der Waals surface area contributed by atoms with Crippen LogP contribution in [0.1, 0.15) is 43.7 Å². The van der Waals surface area contributed by atoms with Crippen LogP contribution in [0.2, 0.25) is 0 Å². The van der Waals surface area contributed by atoms with Crippen molar-refractivity contribution in [3.05, 3.63) is 47.7 Å². The maximum absolute atomic E-state index is 4.93. The van der Waals surface area contributed by atoms with E-state index in [1.807, 2.05) is 12.4 Å². The van der Waals surface area contributed by atoms with Gasteiger partial charge in [-0.2, -0.15) is 0 Å². The summed E-state index contributed by atoms with van der Waals surface area (Å²) < 4.78 is 0. The largest absolute Gasteiger partial charge is 0.263 e. The van der Waals surface area contributed by atoms with Gasteiger partial charge in [0.25, 0.3) is 0 Å². The van der Waals surface area contributed by atoms with E-state index in [4.69, 9.17) is 4.98 Å². The Morgan fingerprint density at radius 3 is 2.76 bits per heavy atom. The van der Waals surface area contributed by atoms with Crippen LogP contribution in [0.3, 0.4) is 0 Å². The average molecular weight is 294 g/mol. The Morgan fingerprint density at radius 1 is 1.00 bits per heavy atom. The molecular weight excluding hydrogens is 276 g/mol. The fraction of sp³-hybridized carbons (Fsp3) is 0.333. The van der Waals surface area contributed by atoms with Gasteiger partial charge in [-0.3, -0.25) is 4.98 Å². The predicted octanol–water partition coefficient (Wildman–Crippen LogP) is 5.41.